The van der Waals surface area contributed by atoms with Crippen molar-refractivity contribution < 1.29 is 28.2 Å². The molecule has 1 saturated heterocycles. The van der Waals surface area contributed by atoms with Crippen molar-refractivity contribution in [3.63, 3.8) is 0 Å². The molecule has 230 valence electrons. The predicted molar refractivity (Wildman–Crippen MR) is 151 cm³/mol. The molecule has 0 aliphatic carbocycles. The fourth-order valence-electron chi connectivity index (χ4n) is 4.60. The molecule has 4 heterocycles. The molecule has 43 heavy (non-hydrogen) atoms. The number of piperidine rings is 1. The van der Waals surface area contributed by atoms with Gasteiger partial charge in [0.25, 0.3) is 5.56 Å². The Labute approximate surface area is 243 Å². The standard InChI is InChI=1S/C25H31N9O2.C2HF3O2/c1-16-22-23(33(2)32-16)24(26-13-19-11-21(36)29-15-28-19)31-25(30-22)27-12-17-5-3-4-6-18(17)14-34-9-7-20(35)8-10-34;3-2(4,5)1(6)7/h3-6,11,15,20,35H,7-10,12-14H2,1-2H3,(H,28,29,36)(H2,26,27,30,31);(H,6,7). The number of likely N-dealkylation sites (tertiary alicyclic amines) is 1. The number of anilines is 2. The van der Waals surface area contributed by atoms with Crippen LogP contribution in [0.3, 0.4) is 0 Å². The number of aliphatic hydroxyl groups is 1. The molecule has 1 fully saturated rings. The van der Waals surface area contributed by atoms with E-state index in [2.05, 4.69) is 48.8 Å². The Kier molecular flexibility index (Phi) is 9.92. The Morgan fingerprint density at radius 2 is 1.79 bits per heavy atom. The quantitative estimate of drug-likeness (QED) is 0.200. The van der Waals surface area contributed by atoms with E-state index in [9.17, 15) is 23.1 Å². The highest BCUT2D eigenvalue weighted by molar-refractivity contribution is 5.88. The van der Waals surface area contributed by atoms with Crippen molar-refractivity contribution in [1.82, 2.24) is 34.6 Å². The summed E-state index contributed by atoms with van der Waals surface area (Å²) in [5, 5.41) is 28.1. The summed E-state index contributed by atoms with van der Waals surface area (Å²) in [6.45, 7) is 5.49. The van der Waals surface area contributed by atoms with Crippen LogP contribution in [0.4, 0.5) is 24.9 Å². The molecule has 0 spiro atoms. The Hall–Kier alpha value is -4.57. The number of aliphatic carboxylic acids is 1. The third-order valence-corrected chi connectivity index (χ3v) is 6.77. The maximum absolute atomic E-state index is 11.6. The number of nitrogens with one attached hydrogen (secondary N) is 3. The molecule has 1 aliphatic heterocycles. The molecule has 0 atom stereocenters. The molecule has 0 unspecified atom stereocenters. The first kappa shape index (κ1) is 31.4. The van der Waals surface area contributed by atoms with Gasteiger partial charge in [-0.1, -0.05) is 24.3 Å². The minimum Gasteiger partial charge on any atom is -0.475 e. The molecule has 16 heteroatoms. The monoisotopic (exact) mass is 603 g/mol. The van der Waals surface area contributed by atoms with Crippen molar-refractivity contribution in [3.8, 4) is 0 Å². The Balaban J connectivity index is 0.000000541. The lowest BCUT2D eigenvalue weighted by Crippen LogP contribution is -2.35. The van der Waals surface area contributed by atoms with Crippen molar-refractivity contribution in [2.75, 3.05) is 23.7 Å². The Morgan fingerprint density at radius 3 is 2.44 bits per heavy atom. The minimum atomic E-state index is -5.08. The number of carboxylic acids is 1. The van der Waals surface area contributed by atoms with Gasteiger partial charge in [0.2, 0.25) is 5.95 Å². The second-order valence-electron chi connectivity index (χ2n) is 9.99. The van der Waals surface area contributed by atoms with Crippen molar-refractivity contribution in [2.45, 2.75) is 51.7 Å². The van der Waals surface area contributed by atoms with Crippen molar-refractivity contribution in [1.29, 1.82) is 0 Å². The molecule has 13 nitrogen and oxygen atoms in total. The second-order valence-corrected chi connectivity index (χ2v) is 9.99. The first-order valence-corrected chi connectivity index (χ1v) is 13.4. The van der Waals surface area contributed by atoms with Crippen LogP contribution in [0.1, 0.15) is 35.4 Å². The van der Waals surface area contributed by atoms with Gasteiger partial charge in [-0.25, -0.2) is 14.8 Å². The summed E-state index contributed by atoms with van der Waals surface area (Å²) in [7, 11) is 1.86. The van der Waals surface area contributed by atoms with Crippen molar-refractivity contribution in [2.24, 2.45) is 7.05 Å². The molecule has 1 aliphatic rings. The molecule has 1 aromatic carbocycles. The smallest absolute Gasteiger partial charge is 0.475 e. The van der Waals surface area contributed by atoms with Crippen LogP contribution >= 0.6 is 0 Å². The summed E-state index contributed by atoms with van der Waals surface area (Å²) in [5.74, 6) is -1.64. The fourth-order valence-corrected chi connectivity index (χ4v) is 4.60. The lowest BCUT2D eigenvalue weighted by Gasteiger charge is -2.30. The highest BCUT2D eigenvalue weighted by Gasteiger charge is 2.38. The zero-order valence-electron chi connectivity index (χ0n) is 23.5. The predicted octanol–water partition coefficient (Wildman–Crippen LogP) is 2.57. The van der Waals surface area contributed by atoms with Gasteiger partial charge < -0.3 is 25.8 Å². The largest absolute Gasteiger partial charge is 0.490 e. The van der Waals surface area contributed by atoms with E-state index in [0.717, 1.165) is 49.2 Å². The number of aromatic amines is 1. The number of rotatable bonds is 8. The van der Waals surface area contributed by atoms with E-state index >= 15 is 0 Å². The van der Waals surface area contributed by atoms with E-state index in [-0.39, 0.29) is 11.7 Å². The zero-order valence-corrected chi connectivity index (χ0v) is 23.5. The molecule has 5 rings (SSSR count). The summed E-state index contributed by atoms with van der Waals surface area (Å²) in [6.07, 6.45) is -2.23. The molecule has 3 aromatic heterocycles. The van der Waals surface area contributed by atoms with Crippen LogP contribution < -0.4 is 16.2 Å². The third kappa shape index (κ3) is 8.48. The van der Waals surface area contributed by atoms with E-state index in [1.165, 1.54) is 23.5 Å². The van der Waals surface area contributed by atoms with E-state index in [0.29, 0.717) is 30.5 Å². The highest BCUT2D eigenvalue weighted by atomic mass is 19.4. The number of hydrogen-bond acceptors (Lipinski definition) is 10. The number of carbonyl (C=O) groups is 1. The van der Waals surface area contributed by atoms with Crippen LogP contribution in [-0.4, -0.2) is 76.2 Å². The maximum atomic E-state index is 11.6. The lowest BCUT2D eigenvalue weighted by molar-refractivity contribution is -0.192. The molecule has 0 amide bonds. The van der Waals surface area contributed by atoms with Crippen LogP contribution in [-0.2, 0) is 31.5 Å². The van der Waals surface area contributed by atoms with Gasteiger partial charge in [-0.2, -0.15) is 23.3 Å². The molecule has 0 bridgehead atoms. The van der Waals surface area contributed by atoms with Gasteiger partial charge in [-0.3, -0.25) is 14.4 Å². The van der Waals surface area contributed by atoms with Gasteiger partial charge in [-0.15, -0.1) is 0 Å². The Bertz CT molecular complexity index is 1620. The lowest BCUT2D eigenvalue weighted by atomic mass is 10.0. The minimum absolute atomic E-state index is 0.178. The number of aromatic nitrogens is 6. The van der Waals surface area contributed by atoms with Crippen LogP contribution in [0.25, 0.3) is 11.0 Å². The van der Waals surface area contributed by atoms with E-state index in [1.807, 2.05) is 20.0 Å². The number of aliphatic hydroxyl groups excluding tert-OH is 1. The van der Waals surface area contributed by atoms with Crippen molar-refractivity contribution >= 4 is 28.8 Å². The average Bonchev–Trinajstić information content (AvgIpc) is 3.25. The number of fused-ring (bicyclic) bond motifs is 1. The Morgan fingerprint density at radius 1 is 1.12 bits per heavy atom. The fraction of sp³-hybridized carbons (Fsp3) is 0.407. The number of alkyl halides is 3. The molecule has 5 N–H and O–H groups in total. The van der Waals surface area contributed by atoms with Gasteiger partial charge in [0, 0.05) is 39.3 Å². The SMILES string of the molecule is Cc1nn(C)c2c(NCc3cc(=O)[nH]cn3)nc(NCc3ccccc3CN3CCC(O)CC3)nc12.O=C(O)C(F)(F)F. The summed E-state index contributed by atoms with van der Waals surface area (Å²) >= 11 is 0. The van der Waals surface area contributed by atoms with Crippen LogP contribution in [0.5, 0.6) is 0 Å². The van der Waals surface area contributed by atoms with Gasteiger partial charge >= 0.3 is 12.1 Å². The van der Waals surface area contributed by atoms with Crippen LogP contribution in [0, 0.1) is 6.92 Å². The van der Waals surface area contributed by atoms with Crippen LogP contribution in [0.2, 0.25) is 0 Å². The summed E-state index contributed by atoms with van der Waals surface area (Å²) in [4.78, 5) is 39.1. The second kappa shape index (κ2) is 13.6. The number of halogens is 3. The number of carboxylic acid groups (broad SMARTS) is 1. The number of aryl methyl sites for hydroxylation is 2. The van der Waals surface area contributed by atoms with E-state index < -0.39 is 12.1 Å². The molecule has 0 saturated carbocycles. The number of benzene rings is 1. The first-order valence-electron chi connectivity index (χ1n) is 13.4. The summed E-state index contributed by atoms with van der Waals surface area (Å²) in [6, 6.07) is 9.83. The normalized spacial score (nSPS) is 14.3. The average molecular weight is 604 g/mol. The maximum Gasteiger partial charge on any atom is 0.490 e. The number of nitrogens with zero attached hydrogens (tertiary/aromatic N) is 6. The van der Waals surface area contributed by atoms with Crippen molar-refractivity contribution in [3.05, 3.63) is 69.5 Å². The first-order chi connectivity index (χ1) is 20.4. The molecule has 4 aromatic rings. The molecular formula is C27H32F3N9O4. The van der Waals surface area contributed by atoms with Gasteiger partial charge in [0.15, 0.2) is 5.82 Å². The van der Waals surface area contributed by atoms with Gasteiger partial charge in [0.1, 0.15) is 11.0 Å². The molecular weight excluding hydrogens is 571 g/mol. The highest BCUT2D eigenvalue weighted by Crippen LogP contribution is 2.25. The zero-order chi connectivity index (χ0) is 31.1. The summed E-state index contributed by atoms with van der Waals surface area (Å²) in [5.41, 5.74) is 5.19. The summed E-state index contributed by atoms with van der Waals surface area (Å²) < 4.78 is 33.5. The van der Waals surface area contributed by atoms with E-state index in [4.69, 9.17) is 19.9 Å². The van der Waals surface area contributed by atoms with Gasteiger partial charge in [0.05, 0.1) is 30.4 Å². The number of hydrogen-bond donors (Lipinski definition) is 5. The van der Waals surface area contributed by atoms with E-state index in [1.54, 1.807) is 4.68 Å². The topological polar surface area (TPSA) is 174 Å². The molecule has 0 radical (unpaired) electrons. The number of H-pyrrole nitrogens is 1. The van der Waals surface area contributed by atoms with Crippen LogP contribution in [0.15, 0.2) is 41.5 Å². The third-order valence-electron chi connectivity index (χ3n) is 6.77. The van der Waals surface area contributed by atoms with Gasteiger partial charge in [-0.05, 0) is 30.9 Å².